The molecule has 0 saturated heterocycles. The summed E-state index contributed by atoms with van der Waals surface area (Å²) < 4.78 is 0. The lowest BCUT2D eigenvalue weighted by atomic mass is 10.0. The summed E-state index contributed by atoms with van der Waals surface area (Å²) in [5.41, 5.74) is 15.2. The van der Waals surface area contributed by atoms with E-state index in [1.807, 2.05) is 25.1 Å². The number of nitrogens with zero attached hydrogens (tertiary/aromatic N) is 2. The number of benzene rings is 2. The molecule has 142 valence electrons. The maximum Gasteiger partial charge on any atom is 0.149 e. The van der Waals surface area contributed by atoms with E-state index in [1.165, 1.54) is 0 Å². The molecule has 0 aliphatic heterocycles. The molecule has 28 heavy (non-hydrogen) atoms. The van der Waals surface area contributed by atoms with Gasteiger partial charge in [-0.25, -0.2) is 5.43 Å². The molecule has 1 atom stereocenters. The quantitative estimate of drug-likeness (QED) is 0.373. The van der Waals surface area contributed by atoms with Crippen LogP contribution in [0.5, 0.6) is 5.75 Å². The van der Waals surface area contributed by atoms with Crippen LogP contribution in [0.15, 0.2) is 65.9 Å². The van der Waals surface area contributed by atoms with Crippen LogP contribution in [0.25, 0.3) is 0 Å². The molecule has 2 aromatic rings. The average molecular weight is 394 g/mol. The summed E-state index contributed by atoms with van der Waals surface area (Å²) in [5.74, 6) is 0.543. The Bertz CT molecular complexity index is 968. The number of hydrogen-bond acceptors (Lipinski definition) is 6. The van der Waals surface area contributed by atoms with Gasteiger partial charge in [0.05, 0.1) is 23.7 Å². The summed E-state index contributed by atoms with van der Waals surface area (Å²) in [6.07, 6.45) is 3.31. The molecule has 0 saturated carbocycles. The second kappa shape index (κ2) is 10.1. The molecule has 1 unspecified atom stereocenters. The predicted octanol–water partition coefficient (Wildman–Crippen LogP) is 3.96. The van der Waals surface area contributed by atoms with Gasteiger partial charge in [-0.2, -0.15) is 10.5 Å². The molecular weight excluding hydrogens is 374 g/mol. The second-order valence-corrected chi connectivity index (χ2v) is 6.49. The number of nitrogens with two attached hydrogens (primary N) is 1. The normalized spacial score (nSPS) is 12.8. The molecule has 2 aromatic carbocycles. The first kappa shape index (κ1) is 21.0. The van der Waals surface area contributed by atoms with Gasteiger partial charge in [0.25, 0.3) is 0 Å². The van der Waals surface area contributed by atoms with E-state index in [9.17, 15) is 0 Å². The van der Waals surface area contributed by atoms with Crippen molar-refractivity contribution >= 4 is 11.6 Å². The number of halogens is 1. The van der Waals surface area contributed by atoms with Crippen LogP contribution in [0.1, 0.15) is 29.7 Å². The standard InChI is InChI=1S/C21H20ClN5O/c1-14(12-23)3-10-20(25)21(16-4-7-18(22)8-5-16)26-27-28-19-9-6-17(13-24)15(2)11-19/h3-11,21,26-27H,25H2,1-2H3/b14-3+,20-10-. The lowest BCUT2D eigenvalue weighted by Gasteiger charge is -2.20. The minimum atomic E-state index is -0.431. The first-order valence-electron chi connectivity index (χ1n) is 8.42. The predicted molar refractivity (Wildman–Crippen MR) is 109 cm³/mol. The van der Waals surface area contributed by atoms with Crippen LogP contribution >= 0.6 is 11.6 Å². The van der Waals surface area contributed by atoms with Crippen molar-refractivity contribution in [3.05, 3.63) is 87.6 Å². The minimum Gasteiger partial charge on any atom is -0.400 e. The van der Waals surface area contributed by atoms with Gasteiger partial charge in [0.2, 0.25) is 0 Å². The van der Waals surface area contributed by atoms with Gasteiger partial charge in [-0.15, -0.1) is 0 Å². The Morgan fingerprint density at radius 1 is 1.18 bits per heavy atom. The molecule has 2 rings (SSSR count). The molecule has 0 spiro atoms. The third-order valence-electron chi connectivity index (χ3n) is 3.93. The molecule has 0 radical (unpaired) electrons. The summed E-state index contributed by atoms with van der Waals surface area (Å²) in [6.45, 7) is 3.53. The summed E-state index contributed by atoms with van der Waals surface area (Å²) in [7, 11) is 0. The highest BCUT2D eigenvalue weighted by Gasteiger charge is 2.14. The molecule has 0 bridgehead atoms. The van der Waals surface area contributed by atoms with Gasteiger partial charge in [0.15, 0.2) is 0 Å². The SMILES string of the molecule is C/C(C#N)=C\C=C(/N)C(NNOc1ccc(C#N)c(C)c1)c1ccc(Cl)cc1. The van der Waals surface area contributed by atoms with Gasteiger partial charge in [-0.3, -0.25) is 0 Å². The van der Waals surface area contributed by atoms with E-state index in [-0.39, 0.29) is 0 Å². The van der Waals surface area contributed by atoms with Gasteiger partial charge in [-0.1, -0.05) is 29.3 Å². The van der Waals surface area contributed by atoms with Crippen LogP contribution < -0.4 is 21.6 Å². The molecule has 0 amide bonds. The van der Waals surface area contributed by atoms with Crippen molar-refractivity contribution in [3.8, 4) is 17.9 Å². The third kappa shape index (κ3) is 5.87. The highest BCUT2D eigenvalue weighted by molar-refractivity contribution is 6.30. The van der Waals surface area contributed by atoms with Gasteiger partial charge in [0.1, 0.15) is 5.75 Å². The summed E-state index contributed by atoms with van der Waals surface area (Å²) in [6, 6.07) is 16.1. The van der Waals surface area contributed by atoms with Crippen molar-refractivity contribution < 1.29 is 4.84 Å². The fourth-order valence-electron chi connectivity index (χ4n) is 2.34. The van der Waals surface area contributed by atoms with E-state index < -0.39 is 6.04 Å². The van der Waals surface area contributed by atoms with E-state index in [1.54, 1.807) is 49.4 Å². The molecule has 0 aromatic heterocycles. The lowest BCUT2D eigenvalue weighted by molar-refractivity contribution is 0.137. The number of nitrogens with one attached hydrogen (secondary N) is 2. The molecule has 0 aliphatic rings. The fourth-order valence-corrected chi connectivity index (χ4v) is 2.47. The van der Waals surface area contributed by atoms with Crippen molar-refractivity contribution in [3.63, 3.8) is 0 Å². The van der Waals surface area contributed by atoms with Crippen LogP contribution in [0, 0.1) is 29.6 Å². The number of hydrazine groups is 1. The lowest BCUT2D eigenvalue weighted by Crippen LogP contribution is -2.40. The van der Waals surface area contributed by atoms with Gasteiger partial charge < -0.3 is 10.6 Å². The number of aryl methyl sites for hydroxylation is 1. The topological polar surface area (TPSA) is 107 Å². The second-order valence-electron chi connectivity index (χ2n) is 6.05. The number of allylic oxidation sites excluding steroid dienone is 3. The Balaban J connectivity index is 2.16. The zero-order chi connectivity index (χ0) is 20.5. The summed E-state index contributed by atoms with van der Waals surface area (Å²) in [5, 5.41) is 18.5. The first-order valence-corrected chi connectivity index (χ1v) is 8.80. The zero-order valence-corrected chi connectivity index (χ0v) is 16.3. The fraction of sp³-hybridized carbons (Fsp3) is 0.143. The molecular formula is C21H20ClN5O. The third-order valence-corrected chi connectivity index (χ3v) is 4.18. The number of rotatable bonds is 7. The largest absolute Gasteiger partial charge is 0.400 e. The van der Waals surface area contributed by atoms with Crippen molar-refractivity contribution in [1.29, 1.82) is 10.5 Å². The molecule has 0 fully saturated rings. The van der Waals surface area contributed by atoms with E-state index in [0.29, 0.717) is 27.6 Å². The van der Waals surface area contributed by atoms with E-state index in [2.05, 4.69) is 17.1 Å². The molecule has 6 nitrogen and oxygen atoms in total. The molecule has 4 N–H and O–H groups in total. The van der Waals surface area contributed by atoms with Crippen molar-refractivity contribution in [1.82, 2.24) is 11.0 Å². The van der Waals surface area contributed by atoms with Gasteiger partial charge in [-0.05, 0) is 67.5 Å². The van der Waals surface area contributed by atoms with E-state index >= 15 is 0 Å². The van der Waals surface area contributed by atoms with Crippen molar-refractivity contribution in [2.75, 3.05) is 0 Å². The van der Waals surface area contributed by atoms with E-state index in [4.69, 9.17) is 32.7 Å². The minimum absolute atomic E-state index is 0.431. The van der Waals surface area contributed by atoms with Gasteiger partial charge >= 0.3 is 0 Å². The molecule has 0 heterocycles. The van der Waals surface area contributed by atoms with Crippen molar-refractivity contribution in [2.24, 2.45) is 5.73 Å². The van der Waals surface area contributed by atoms with Crippen LogP contribution in [0.3, 0.4) is 0 Å². The Kier molecular flexibility index (Phi) is 7.62. The van der Waals surface area contributed by atoms with E-state index in [0.717, 1.165) is 11.1 Å². The molecule has 0 aliphatic carbocycles. The van der Waals surface area contributed by atoms with Crippen LogP contribution in [0.4, 0.5) is 0 Å². The first-order chi connectivity index (χ1) is 13.4. The Labute approximate surface area is 169 Å². The highest BCUT2D eigenvalue weighted by Crippen LogP contribution is 2.21. The van der Waals surface area contributed by atoms with Crippen molar-refractivity contribution in [2.45, 2.75) is 19.9 Å². The maximum absolute atomic E-state index is 9.00. The maximum atomic E-state index is 9.00. The smallest absolute Gasteiger partial charge is 0.149 e. The van der Waals surface area contributed by atoms with Gasteiger partial charge in [0, 0.05) is 16.3 Å². The number of hydrogen-bond donors (Lipinski definition) is 3. The molecule has 7 heteroatoms. The number of nitriles is 2. The Hall–Kier alpha value is -3.29. The summed E-state index contributed by atoms with van der Waals surface area (Å²) >= 11 is 5.97. The Morgan fingerprint density at radius 3 is 2.50 bits per heavy atom. The Morgan fingerprint density at radius 2 is 1.89 bits per heavy atom. The van der Waals surface area contributed by atoms with Crippen LogP contribution in [-0.2, 0) is 0 Å². The van der Waals surface area contributed by atoms with Crippen LogP contribution in [-0.4, -0.2) is 0 Å². The highest BCUT2D eigenvalue weighted by atomic mass is 35.5. The monoisotopic (exact) mass is 393 g/mol. The summed E-state index contributed by atoms with van der Waals surface area (Å²) in [4.78, 5) is 5.51. The van der Waals surface area contributed by atoms with Crippen LogP contribution in [0.2, 0.25) is 5.02 Å². The zero-order valence-electron chi connectivity index (χ0n) is 15.5. The average Bonchev–Trinajstić information content (AvgIpc) is 2.70.